The van der Waals surface area contributed by atoms with Gasteiger partial charge in [-0.25, -0.2) is 4.79 Å². The third kappa shape index (κ3) is 4.58. The molecule has 2 aromatic rings. The molecule has 1 atom stereocenters. The number of hydrogen-bond acceptors (Lipinski definition) is 4. The lowest BCUT2D eigenvalue weighted by atomic mass is 10.0. The van der Waals surface area contributed by atoms with Gasteiger partial charge in [-0.1, -0.05) is 18.2 Å². The van der Waals surface area contributed by atoms with Crippen LogP contribution in [0.1, 0.15) is 22.3 Å². The van der Waals surface area contributed by atoms with Crippen LogP contribution in [-0.2, 0) is 16.0 Å². The van der Waals surface area contributed by atoms with Crippen molar-refractivity contribution in [3.63, 3.8) is 0 Å². The molecular weight excluding hydrogens is 322 g/mol. The molecule has 1 unspecified atom stereocenters. The van der Waals surface area contributed by atoms with Gasteiger partial charge in [0, 0.05) is 12.1 Å². The summed E-state index contributed by atoms with van der Waals surface area (Å²) in [6.45, 7) is 1.32. The first-order chi connectivity index (χ1) is 12.1. The SMILES string of the molecule is O=C(Cc1ccccc1C(=O)O)Nc1ccc(OC2CCOC2)cc1. The maximum Gasteiger partial charge on any atom is 0.335 e. The topological polar surface area (TPSA) is 84.9 Å². The molecular formula is C19H19NO5. The molecule has 130 valence electrons. The maximum atomic E-state index is 12.2. The molecule has 1 saturated heterocycles. The summed E-state index contributed by atoms with van der Waals surface area (Å²) in [5.41, 5.74) is 1.25. The highest BCUT2D eigenvalue weighted by Crippen LogP contribution is 2.20. The number of carbonyl (C=O) groups is 2. The van der Waals surface area contributed by atoms with Gasteiger partial charge < -0.3 is 19.9 Å². The van der Waals surface area contributed by atoms with Crippen LogP contribution in [0.15, 0.2) is 48.5 Å². The van der Waals surface area contributed by atoms with Gasteiger partial charge in [-0.3, -0.25) is 4.79 Å². The highest BCUT2D eigenvalue weighted by atomic mass is 16.5. The number of carboxylic acid groups (broad SMARTS) is 1. The molecule has 6 nitrogen and oxygen atoms in total. The van der Waals surface area contributed by atoms with Crippen LogP contribution >= 0.6 is 0 Å². The lowest BCUT2D eigenvalue weighted by Crippen LogP contribution is -2.17. The molecule has 1 amide bonds. The summed E-state index contributed by atoms with van der Waals surface area (Å²) >= 11 is 0. The molecule has 1 aliphatic heterocycles. The summed E-state index contributed by atoms with van der Waals surface area (Å²) in [6, 6.07) is 13.6. The van der Waals surface area contributed by atoms with Gasteiger partial charge in [0.15, 0.2) is 0 Å². The summed E-state index contributed by atoms with van der Waals surface area (Å²) in [6.07, 6.45) is 0.953. The van der Waals surface area contributed by atoms with Gasteiger partial charge in [0.2, 0.25) is 5.91 Å². The first-order valence-electron chi connectivity index (χ1n) is 8.07. The third-order valence-corrected chi connectivity index (χ3v) is 3.93. The smallest absolute Gasteiger partial charge is 0.335 e. The number of amides is 1. The second-order valence-corrected chi connectivity index (χ2v) is 5.82. The van der Waals surface area contributed by atoms with E-state index in [0.717, 1.165) is 18.8 Å². The van der Waals surface area contributed by atoms with Crippen molar-refractivity contribution in [2.24, 2.45) is 0 Å². The van der Waals surface area contributed by atoms with Gasteiger partial charge in [-0.05, 0) is 35.9 Å². The minimum absolute atomic E-state index is 0.000137. The Labute approximate surface area is 145 Å². The van der Waals surface area contributed by atoms with Crippen molar-refractivity contribution in [3.8, 4) is 5.75 Å². The Morgan fingerprint density at radius 2 is 1.92 bits per heavy atom. The Balaban J connectivity index is 1.58. The Morgan fingerprint density at radius 1 is 1.16 bits per heavy atom. The van der Waals surface area contributed by atoms with Crippen LogP contribution in [0.4, 0.5) is 5.69 Å². The monoisotopic (exact) mass is 341 g/mol. The Morgan fingerprint density at radius 3 is 2.60 bits per heavy atom. The Hall–Kier alpha value is -2.86. The summed E-state index contributed by atoms with van der Waals surface area (Å²) in [5.74, 6) is -0.586. The normalized spacial score (nSPS) is 16.4. The molecule has 1 aliphatic rings. The molecule has 0 aromatic heterocycles. The Bertz CT molecular complexity index is 751. The third-order valence-electron chi connectivity index (χ3n) is 3.93. The zero-order valence-corrected chi connectivity index (χ0v) is 13.6. The fourth-order valence-electron chi connectivity index (χ4n) is 2.68. The molecule has 0 saturated carbocycles. The number of carboxylic acids is 1. The van der Waals surface area contributed by atoms with Crippen LogP contribution in [0.3, 0.4) is 0 Å². The molecule has 0 aliphatic carbocycles. The van der Waals surface area contributed by atoms with Crippen molar-refractivity contribution in [3.05, 3.63) is 59.7 Å². The molecule has 25 heavy (non-hydrogen) atoms. The lowest BCUT2D eigenvalue weighted by Gasteiger charge is -2.12. The number of hydrogen-bond donors (Lipinski definition) is 2. The van der Waals surface area contributed by atoms with Crippen molar-refractivity contribution >= 4 is 17.6 Å². The summed E-state index contributed by atoms with van der Waals surface area (Å²) < 4.78 is 11.0. The zero-order chi connectivity index (χ0) is 17.6. The number of carbonyl (C=O) groups excluding carboxylic acids is 1. The largest absolute Gasteiger partial charge is 0.488 e. The molecule has 1 heterocycles. The van der Waals surface area contributed by atoms with E-state index in [1.165, 1.54) is 6.07 Å². The number of aromatic carboxylic acids is 1. The number of anilines is 1. The van der Waals surface area contributed by atoms with E-state index < -0.39 is 5.97 Å². The number of ether oxygens (including phenoxy) is 2. The van der Waals surface area contributed by atoms with E-state index in [4.69, 9.17) is 14.6 Å². The standard InChI is InChI=1S/C19H19NO5/c21-18(11-13-3-1-2-4-17(13)19(22)23)20-14-5-7-15(8-6-14)25-16-9-10-24-12-16/h1-8,16H,9-12H2,(H,20,21)(H,22,23). The summed E-state index contributed by atoms with van der Waals surface area (Å²) in [4.78, 5) is 23.4. The minimum Gasteiger partial charge on any atom is -0.488 e. The minimum atomic E-state index is -1.04. The van der Waals surface area contributed by atoms with Crippen molar-refractivity contribution in [1.82, 2.24) is 0 Å². The predicted molar refractivity (Wildman–Crippen MR) is 92.0 cm³/mol. The molecule has 0 radical (unpaired) electrons. The van der Waals surface area contributed by atoms with Gasteiger partial charge in [-0.2, -0.15) is 0 Å². The zero-order valence-electron chi connectivity index (χ0n) is 13.6. The van der Waals surface area contributed by atoms with Crippen LogP contribution in [-0.4, -0.2) is 36.3 Å². The van der Waals surface area contributed by atoms with E-state index in [2.05, 4.69) is 5.32 Å². The molecule has 0 spiro atoms. The average Bonchev–Trinajstić information content (AvgIpc) is 3.10. The fourth-order valence-corrected chi connectivity index (χ4v) is 2.68. The lowest BCUT2D eigenvalue weighted by molar-refractivity contribution is -0.115. The molecule has 0 bridgehead atoms. The number of rotatable bonds is 6. The number of nitrogens with one attached hydrogen (secondary N) is 1. The average molecular weight is 341 g/mol. The van der Waals surface area contributed by atoms with E-state index >= 15 is 0 Å². The molecule has 1 fully saturated rings. The quantitative estimate of drug-likeness (QED) is 0.844. The van der Waals surface area contributed by atoms with E-state index in [9.17, 15) is 9.59 Å². The van der Waals surface area contributed by atoms with E-state index in [1.54, 1.807) is 42.5 Å². The molecule has 3 rings (SSSR count). The predicted octanol–water partition coefficient (Wildman–Crippen LogP) is 2.73. The molecule has 2 N–H and O–H groups in total. The highest BCUT2D eigenvalue weighted by Gasteiger charge is 2.17. The van der Waals surface area contributed by atoms with Crippen LogP contribution in [0.5, 0.6) is 5.75 Å². The van der Waals surface area contributed by atoms with Crippen molar-refractivity contribution in [2.45, 2.75) is 18.9 Å². The van der Waals surface area contributed by atoms with Gasteiger partial charge >= 0.3 is 5.97 Å². The van der Waals surface area contributed by atoms with Crippen molar-refractivity contribution in [2.75, 3.05) is 18.5 Å². The Kier molecular flexibility index (Phi) is 5.30. The van der Waals surface area contributed by atoms with Crippen LogP contribution in [0, 0.1) is 0 Å². The molecule has 6 heteroatoms. The maximum absolute atomic E-state index is 12.2. The van der Waals surface area contributed by atoms with Crippen LogP contribution in [0.2, 0.25) is 0 Å². The fraction of sp³-hybridized carbons (Fsp3) is 0.263. The van der Waals surface area contributed by atoms with E-state index in [-0.39, 0.29) is 24.0 Å². The second-order valence-electron chi connectivity index (χ2n) is 5.82. The van der Waals surface area contributed by atoms with Crippen molar-refractivity contribution in [1.29, 1.82) is 0 Å². The van der Waals surface area contributed by atoms with Gasteiger partial charge in [0.25, 0.3) is 0 Å². The first-order valence-corrected chi connectivity index (χ1v) is 8.07. The number of benzene rings is 2. The van der Waals surface area contributed by atoms with Gasteiger partial charge in [0.05, 0.1) is 25.2 Å². The summed E-state index contributed by atoms with van der Waals surface area (Å²) in [5, 5.41) is 11.9. The highest BCUT2D eigenvalue weighted by molar-refractivity contribution is 5.96. The van der Waals surface area contributed by atoms with Crippen molar-refractivity contribution < 1.29 is 24.2 Å². The molecule has 2 aromatic carbocycles. The second kappa shape index (κ2) is 7.81. The van der Waals surface area contributed by atoms with Gasteiger partial charge in [-0.15, -0.1) is 0 Å². The van der Waals surface area contributed by atoms with Gasteiger partial charge in [0.1, 0.15) is 11.9 Å². The van der Waals surface area contributed by atoms with E-state index in [1.807, 2.05) is 0 Å². The summed E-state index contributed by atoms with van der Waals surface area (Å²) in [7, 11) is 0. The van der Waals surface area contributed by atoms with Crippen LogP contribution < -0.4 is 10.1 Å². The first kappa shape index (κ1) is 17.0. The van der Waals surface area contributed by atoms with Crippen LogP contribution in [0.25, 0.3) is 0 Å². The van der Waals surface area contributed by atoms with E-state index in [0.29, 0.717) is 17.9 Å².